The Morgan fingerprint density at radius 2 is 1.84 bits per heavy atom. The quantitative estimate of drug-likeness (QED) is 0.501. The van der Waals surface area contributed by atoms with Crippen LogP contribution in [0.3, 0.4) is 0 Å². The number of rotatable bonds is 10. The van der Waals surface area contributed by atoms with Crippen molar-refractivity contribution in [1.82, 2.24) is 10.2 Å². The Balaban J connectivity index is 2.03. The van der Waals surface area contributed by atoms with Crippen LogP contribution < -0.4 is 0 Å². The monoisotopic (exact) mass is 262 g/mol. The van der Waals surface area contributed by atoms with E-state index >= 15 is 0 Å². The summed E-state index contributed by atoms with van der Waals surface area (Å²) in [6.07, 6.45) is 16.4. The molecule has 0 fully saturated rings. The van der Waals surface area contributed by atoms with Crippen LogP contribution in [0.15, 0.2) is 6.20 Å². The molecule has 1 rings (SSSR count). The van der Waals surface area contributed by atoms with Crippen molar-refractivity contribution in [2.45, 2.75) is 57.8 Å². The van der Waals surface area contributed by atoms with Gasteiger partial charge in [0, 0.05) is 12.1 Å². The number of terminal acetylenes is 1. The van der Waals surface area contributed by atoms with E-state index in [0.29, 0.717) is 5.56 Å². The van der Waals surface area contributed by atoms with E-state index in [0.717, 1.165) is 37.8 Å². The number of carbonyl (C=O) groups is 1. The number of hydrogen-bond donors (Lipinski definition) is 2. The minimum absolute atomic E-state index is 0.300. The summed E-state index contributed by atoms with van der Waals surface area (Å²) in [5.41, 5.74) is 1.04. The van der Waals surface area contributed by atoms with E-state index in [9.17, 15) is 4.79 Å². The van der Waals surface area contributed by atoms with Gasteiger partial charge in [0.1, 0.15) is 5.56 Å². The first-order valence-corrected chi connectivity index (χ1v) is 6.94. The molecule has 0 aliphatic heterocycles. The lowest BCUT2D eigenvalue weighted by atomic mass is 10.1. The van der Waals surface area contributed by atoms with Crippen LogP contribution in [-0.2, 0) is 6.42 Å². The second-order valence-electron chi connectivity index (χ2n) is 4.75. The van der Waals surface area contributed by atoms with Crippen molar-refractivity contribution in [1.29, 1.82) is 0 Å². The van der Waals surface area contributed by atoms with Gasteiger partial charge in [-0.15, -0.1) is 12.3 Å². The lowest BCUT2D eigenvalue weighted by Gasteiger charge is -2.01. The third-order valence-corrected chi connectivity index (χ3v) is 3.20. The zero-order valence-electron chi connectivity index (χ0n) is 11.3. The molecule has 2 N–H and O–H groups in total. The Kier molecular flexibility index (Phi) is 7.41. The first-order valence-electron chi connectivity index (χ1n) is 6.94. The minimum Gasteiger partial charge on any atom is -0.478 e. The molecule has 104 valence electrons. The summed E-state index contributed by atoms with van der Waals surface area (Å²) in [6, 6.07) is 0. The summed E-state index contributed by atoms with van der Waals surface area (Å²) < 4.78 is 0. The van der Waals surface area contributed by atoms with Gasteiger partial charge >= 0.3 is 5.97 Å². The largest absolute Gasteiger partial charge is 0.478 e. The van der Waals surface area contributed by atoms with E-state index in [-0.39, 0.29) is 0 Å². The van der Waals surface area contributed by atoms with Gasteiger partial charge in [0.05, 0.1) is 6.20 Å². The van der Waals surface area contributed by atoms with Gasteiger partial charge in [-0.25, -0.2) is 4.79 Å². The lowest BCUT2D eigenvalue weighted by molar-refractivity contribution is 0.0695. The molecule has 0 aliphatic carbocycles. The fourth-order valence-corrected chi connectivity index (χ4v) is 2.10. The first-order chi connectivity index (χ1) is 9.25. The minimum atomic E-state index is -0.905. The summed E-state index contributed by atoms with van der Waals surface area (Å²) in [5.74, 6) is 1.75. The molecule has 0 aliphatic rings. The highest BCUT2D eigenvalue weighted by molar-refractivity contribution is 5.88. The summed E-state index contributed by atoms with van der Waals surface area (Å²) >= 11 is 0. The number of nitrogens with one attached hydrogen (secondary N) is 1. The second kappa shape index (κ2) is 9.21. The Hall–Kier alpha value is -1.76. The van der Waals surface area contributed by atoms with Crippen LogP contribution in [0.2, 0.25) is 0 Å². The molecule has 0 aromatic carbocycles. The summed E-state index contributed by atoms with van der Waals surface area (Å²) in [4.78, 5) is 10.9. The molecule has 0 amide bonds. The average Bonchev–Trinajstić information content (AvgIpc) is 2.85. The van der Waals surface area contributed by atoms with Crippen LogP contribution in [0.1, 0.15) is 67.4 Å². The highest BCUT2D eigenvalue weighted by atomic mass is 16.4. The molecule has 1 aromatic heterocycles. The van der Waals surface area contributed by atoms with Gasteiger partial charge in [0.25, 0.3) is 0 Å². The van der Waals surface area contributed by atoms with Crippen molar-refractivity contribution in [3.63, 3.8) is 0 Å². The van der Waals surface area contributed by atoms with Crippen molar-refractivity contribution in [2.75, 3.05) is 0 Å². The third kappa shape index (κ3) is 6.10. The van der Waals surface area contributed by atoms with E-state index in [1.165, 1.54) is 31.9 Å². The molecular formula is C15H22N2O2. The van der Waals surface area contributed by atoms with Crippen LogP contribution in [0.4, 0.5) is 0 Å². The molecule has 0 saturated heterocycles. The molecule has 4 nitrogen and oxygen atoms in total. The maximum atomic E-state index is 10.9. The summed E-state index contributed by atoms with van der Waals surface area (Å²) in [5, 5.41) is 15.5. The molecule has 0 radical (unpaired) electrons. The number of hydrogen-bond acceptors (Lipinski definition) is 2. The number of aryl methyl sites for hydroxylation is 1. The van der Waals surface area contributed by atoms with Crippen LogP contribution in [0, 0.1) is 12.3 Å². The predicted molar refractivity (Wildman–Crippen MR) is 75.0 cm³/mol. The molecule has 1 heterocycles. The fraction of sp³-hybridized carbons (Fsp3) is 0.600. The van der Waals surface area contributed by atoms with Gasteiger partial charge in [0.2, 0.25) is 0 Å². The Labute approximate surface area is 114 Å². The second-order valence-corrected chi connectivity index (χ2v) is 4.75. The topological polar surface area (TPSA) is 66.0 Å². The number of aromatic nitrogens is 2. The molecule has 1 aromatic rings. The zero-order chi connectivity index (χ0) is 13.9. The Morgan fingerprint density at radius 1 is 1.21 bits per heavy atom. The standard InChI is InChI=1S/C15H22N2O2/c1-2-3-4-5-6-7-8-9-10-11-14-13(15(18)19)12-16-17-14/h1,12H,3-11H2,(H,16,17)(H,18,19). The Morgan fingerprint density at radius 3 is 2.47 bits per heavy atom. The maximum Gasteiger partial charge on any atom is 0.339 e. The average molecular weight is 262 g/mol. The maximum absolute atomic E-state index is 10.9. The number of H-pyrrole nitrogens is 1. The van der Waals surface area contributed by atoms with E-state index < -0.39 is 5.97 Å². The van der Waals surface area contributed by atoms with Crippen LogP contribution in [0.5, 0.6) is 0 Å². The fourth-order valence-electron chi connectivity index (χ4n) is 2.10. The molecule has 0 spiro atoms. The van der Waals surface area contributed by atoms with E-state index in [2.05, 4.69) is 16.1 Å². The zero-order valence-corrected chi connectivity index (χ0v) is 11.3. The lowest BCUT2D eigenvalue weighted by Crippen LogP contribution is -2.00. The highest BCUT2D eigenvalue weighted by Gasteiger charge is 2.11. The normalized spacial score (nSPS) is 10.3. The van der Waals surface area contributed by atoms with Crippen molar-refractivity contribution in [2.24, 2.45) is 0 Å². The number of carboxylic acids is 1. The van der Waals surface area contributed by atoms with Crippen molar-refractivity contribution in [3.05, 3.63) is 17.5 Å². The van der Waals surface area contributed by atoms with Gasteiger partial charge in [-0.1, -0.05) is 32.1 Å². The smallest absolute Gasteiger partial charge is 0.339 e. The van der Waals surface area contributed by atoms with Gasteiger partial charge in [-0.2, -0.15) is 5.10 Å². The van der Waals surface area contributed by atoms with Crippen LogP contribution in [0.25, 0.3) is 0 Å². The van der Waals surface area contributed by atoms with Crippen molar-refractivity contribution < 1.29 is 9.90 Å². The number of unbranched alkanes of at least 4 members (excludes halogenated alkanes) is 7. The number of nitrogens with zero attached hydrogens (tertiary/aromatic N) is 1. The van der Waals surface area contributed by atoms with Crippen molar-refractivity contribution >= 4 is 5.97 Å². The van der Waals surface area contributed by atoms with Gasteiger partial charge < -0.3 is 5.11 Å². The molecular weight excluding hydrogens is 240 g/mol. The third-order valence-electron chi connectivity index (χ3n) is 3.20. The van der Waals surface area contributed by atoms with Crippen molar-refractivity contribution in [3.8, 4) is 12.3 Å². The molecule has 19 heavy (non-hydrogen) atoms. The van der Waals surface area contributed by atoms with Crippen LogP contribution in [-0.4, -0.2) is 21.3 Å². The number of aromatic carboxylic acids is 1. The number of carboxylic acid groups (broad SMARTS) is 1. The van der Waals surface area contributed by atoms with E-state index in [1.807, 2.05) is 0 Å². The summed E-state index contributed by atoms with van der Waals surface area (Å²) in [6.45, 7) is 0. The predicted octanol–water partition coefficient (Wildman–Crippen LogP) is 3.40. The van der Waals surface area contributed by atoms with E-state index in [1.54, 1.807) is 0 Å². The molecule has 4 heteroatoms. The van der Waals surface area contributed by atoms with E-state index in [4.69, 9.17) is 11.5 Å². The first kappa shape index (κ1) is 15.3. The number of aromatic amines is 1. The van der Waals surface area contributed by atoms with Gasteiger partial charge in [-0.05, 0) is 19.3 Å². The Bertz CT molecular complexity index is 418. The summed E-state index contributed by atoms with van der Waals surface area (Å²) in [7, 11) is 0. The molecule has 0 saturated carbocycles. The molecule has 0 bridgehead atoms. The highest BCUT2D eigenvalue weighted by Crippen LogP contribution is 2.12. The van der Waals surface area contributed by atoms with Gasteiger partial charge in [0.15, 0.2) is 0 Å². The SMILES string of the molecule is C#CCCCCCCCCCc1[nH]ncc1C(=O)O. The molecule has 0 atom stereocenters. The van der Waals surface area contributed by atoms with Gasteiger partial charge in [-0.3, -0.25) is 5.10 Å². The molecule has 0 unspecified atom stereocenters. The van der Waals surface area contributed by atoms with Crippen LogP contribution >= 0.6 is 0 Å².